The molecule has 0 aliphatic carbocycles. The van der Waals surface area contributed by atoms with Crippen LogP contribution in [0, 0.1) is 0 Å². The summed E-state index contributed by atoms with van der Waals surface area (Å²) >= 11 is 1.42. The SMILES string of the molecule is COc1ccc(NC=CC(=O)c2cccs2)cc1OC. The molecule has 0 aliphatic heterocycles. The zero-order valence-electron chi connectivity index (χ0n) is 11.3. The van der Waals surface area contributed by atoms with Gasteiger partial charge in [0.05, 0.1) is 19.1 Å². The summed E-state index contributed by atoms with van der Waals surface area (Å²) in [6.45, 7) is 0. The summed E-state index contributed by atoms with van der Waals surface area (Å²) in [6, 6.07) is 9.11. The highest BCUT2D eigenvalue weighted by molar-refractivity contribution is 7.12. The molecule has 0 unspecified atom stereocenters. The van der Waals surface area contributed by atoms with Gasteiger partial charge in [0.25, 0.3) is 0 Å². The van der Waals surface area contributed by atoms with Gasteiger partial charge in [0.2, 0.25) is 0 Å². The van der Waals surface area contributed by atoms with Gasteiger partial charge in [-0.2, -0.15) is 0 Å². The number of methoxy groups -OCH3 is 2. The fourth-order valence-electron chi connectivity index (χ4n) is 1.64. The second-order valence-corrected chi connectivity index (χ2v) is 4.84. The molecule has 0 fully saturated rings. The minimum Gasteiger partial charge on any atom is -0.493 e. The van der Waals surface area contributed by atoms with Gasteiger partial charge in [-0.05, 0) is 23.6 Å². The summed E-state index contributed by atoms with van der Waals surface area (Å²) in [4.78, 5) is 12.5. The number of nitrogens with one attached hydrogen (secondary N) is 1. The van der Waals surface area contributed by atoms with Crippen molar-refractivity contribution < 1.29 is 14.3 Å². The van der Waals surface area contributed by atoms with E-state index in [1.54, 1.807) is 38.6 Å². The molecule has 1 N–H and O–H groups in total. The normalized spacial score (nSPS) is 10.5. The molecule has 2 aromatic rings. The van der Waals surface area contributed by atoms with Crippen LogP contribution in [0.1, 0.15) is 9.67 Å². The summed E-state index contributed by atoms with van der Waals surface area (Å²) in [5, 5.41) is 4.91. The van der Waals surface area contributed by atoms with Gasteiger partial charge in [0, 0.05) is 24.0 Å². The lowest BCUT2D eigenvalue weighted by atomic mass is 10.2. The third-order valence-corrected chi connectivity index (χ3v) is 3.52. The van der Waals surface area contributed by atoms with Crippen molar-refractivity contribution in [3.8, 4) is 11.5 Å². The lowest BCUT2D eigenvalue weighted by Crippen LogP contribution is -1.95. The first kappa shape index (κ1) is 14.1. The molecule has 0 aliphatic rings. The van der Waals surface area contributed by atoms with E-state index in [1.807, 2.05) is 17.5 Å². The average molecular weight is 289 g/mol. The van der Waals surface area contributed by atoms with Crippen molar-refractivity contribution in [1.29, 1.82) is 0 Å². The molecule has 4 nitrogen and oxygen atoms in total. The molecule has 1 aromatic heterocycles. The number of ether oxygens (including phenoxy) is 2. The Hall–Kier alpha value is -2.27. The van der Waals surface area contributed by atoms with Crippen LogP contribution in [-0.2, 0) is 0 Å². The Bertz CT molecular complexity index is 606. The summed E-state index contributed by atoms with van der Waals surface area (Å²) in [6.07, 6.45) is 3.12. The fourth-order valence-corrected chi connectivity index (χ4v) is 2.29. The number of carbonyl (C=O) groups is 1. The highest BCUT2D eigenvalue weighted by atomic mass is 32.1. The van der Waals surface area contributed by atoms with Crippen LogP contribution in [0.2, 0.25) is 0 Å². The van der Waals surface area contributed by atoms with Gasteiger partial charge in [-0.25, -0.2) is 0 Å². The zero-order chi connectivity index (χ0) is 14.4. The molecule has 104 valence electrons. The maximum atomic E-state index is 11.8. The first-order valence-corrected chi connectivity index (χ1v) is 6.85. The molecule has 1 heterocycles. The largest absolute Gasteiger partial charge is 0.493 e. The molecule has 5 heteroatoms. The number of hydrogen-bond donors (Lipinski definition) is 1. The van der Waals surface area contributed by atoms with Crippen LogP contribution in [0.4, 0.5) is 5.69 Å². The lowest BCUT2D eigenvalue weighted by Gasteiger charge is -2.09. The Kier molecular flexibility index (Phi) is 4.79. The first-order valence-electron chi connectivity index (χ1n) is 5.97. The zero-order valence-corrected chi connectivity index (χ0v) is 12.1. The van der Waals surface area contributed by atoms with Crippen LogP contribution in [0.15, 0.2) is 48.0 Å². The molecular weight excluding hydrogens is 274 g/mol. The molecule has 2 rings (SSSR count). The Labute approximate surface area is 121 Å². The first-order chi connectivity index (χ1) is 9.74. The predicted molar refractivity (Wildman–Crippen MR) is 81.0 cm³/mol. The van der Waals surface area contributed by atoms with Crippen molar-refractivity contribution in [3.05, 3.63) is 52.9 Å². The minimum absolute atomic E-state index is 0.0204. The summed E-state index contributed by atoms with van der Waals surface area (Å²) in [5.74, 6) is 1.28. The number of rotatable bonds is 6. The Morgan fingerprint density at radius 2 is 2.00 bits per heavy atom. The molecular formula is C15H15NO3S. The van der Waals surface area contributed by atoms with Gasteiger partial charge in [0.1, 0.15) is 0 Å². The summed E-state index contributed by atoms with van der Waals surface area (Å²) < 4.78 is 10.4. The smallest absolute Gasteiger partial charge is 0.197 e. The molecule has 0 atom stereocenters. The Balaban J connectivity index is 2.02. The molecule has 0 bridgehead atoms. The Morgan fingerprint density at radius 1 is 1.20 bits per heavy atom. The number of ketones is 1. The maximum absolute atomic E-state index is 11.8. The standard InChI is InChI=1S/C15H15NO3S/c1-18-13-6-5-11(10-14(13)19-2)16-8-7-12(17)15-4-3-9-20-15/h3-10,16H,1-2H3. The number of carbonyl (C=O) groups excluding carboxylic acids is 1. The van der Waals surface area contributed by atoms with E-state index in [-0.39, 0.29) is 5.78 Å². The predicted octanol–water partition coefficient (Wildman–Crippen LogP) is 3.57. The second kappa shape index (κ2) is 6.77. The van der Waals surface area contributed by atoms with Crippen LogP contribution in [0.25, 0.3) is 0 Å². The molecule has 0 spiro atoms. The van der Waals surface area contributed by atoms with Gasteiger partial charge in [-0.15, -0.1) is 11.3 Å². The number of hydrogen-bond acceptors (Lipinski definition) is 5. The highest BCUT2D eigenvalue weighted by Crippen LogP contribution is 2.29. The third kappa shape index (κ3) is 3.39. The third-order valence-electron chi connectivity index (χ3n) is 2.63. The van der Waals surface area contributed by atoms with E-state index in [1.165, 1.54) is 17.4 Å². The van der Waals surface area contributed by atoms with Gasteiger partial charge < -0.3 is 14.8 Å². The van der Waals surface area contributed by atoms with Gasteiger partial charge in [0.15, 0.2) is 17.3 Å². The maximum Gasteiger partial charge on any atom is 0.197 e. The van der Waals surface area contributed by atoms with E-state index < -0.39 is 0 Å². The molecule has 0 saturated heterocycles. The molecule has 0 radical (unpaired) electrons. The summed E-state index contributed by atoms with van der Waals surface area (Å²) in [7, 11) is 3.17. The summed E-state index contributed by atoms with van der Waals surface area (Å²) in [5.41, 5.74) is 0.817. The lowest BCUT2D eigenvalue weighted by molar-refractivity contribution is 0.105. The van der Waals surface area contributed by atoms with Crippen LogP contribution in [0.3, 0.4) is 0 Å². The monoisotopic (exact) mass is 289 g/mol. The molecule has 0 amide bonds. The van der Waals surface area contributed by atoms with Gasteiger partial charge in [-0.1, -0.05) is 6.07 Å². The van der Waals surface area contributed by atoms with Crippen LogP contribution in [-0.4, -0.2) is 20.0 Å². The minimum atomic E-state index is -0.0204. The van der Waals surface area contributed by atoms with Crippen LogP contribution in [0.5, 0.6) is 11.5 Å². The molecule has 1 aromatic carbocycles. The van der Waals surface area contributed by atoms with Crippen molar-refractivity contribution in [1.82, 2.24) is 0 Å². The topological polar surface area (TPSA) is 47.6 Å². The van der Waals surface area contributed by atoms with E-state index in [4.69, 9.17) is 9.47 Å². The van der Waals surface area contributed by atoms with Crippen molar-refractivity contribution in [2.75, 3.05) is 19.5 Å². The van der Waals surface area contributed by atoms with Gasteiger partial charge >= 0.3 is 0 Å². The van der Waals surface area contributed by atoms with Crippen LogP contribution < -0.4 is 14.8 Å². The molecule has 0 saturated carbocycles. The number of anilines is 1. The van der Waals surface area contributed by atoms with E-state index in [2.05, 4.69) is 5.32 Å². The number of thiophene rings is 1. The number of allylic oxidation sites excluding steroid dienone is 1. The second-order valence-electron chi connectivity index (χ2n) is 3.89. The van der Waals surface area contributed by atoms with E-state index in [0.717, 1.165) is 10.6 Å². The fraction of sp³-hybridized carbons (Fsp3) is 0.133. The van der Waals surface area contributed by atoms with E-state index in [9.17, 15) is 4.79 Å². The van der Waals surface area contributed by atoms with Crippen molar-refractivity contribution in [2.45, 2.75) is 0 Å². The average Bonchev–Trinajstić information content (AvgIpc) is 3.01. The quantitative estimate of drug-likeness (QED) is 0.652. The van der Waals surface area contributed by atoms with E-state index in [0.29, 0.717) is 11.5 Å². The number of benzene rings is 1. The Morgan fingerprint density at radius 3 is 2.65 bits per heavy atom. The van der Waals surface area contributed by atoms with Crippen LogP contribution >= 0.6 is 11.3 Å². The van der Waals surface area contributed by atoms with Gasteiger partial charge in [-0.3, -0.25) is 4.79 Å². The van der Waals surface area contributed by atoms with Crippen molar-refractivity contribution in [2.24, 2.45) is 0 Å². The highest BCUT2D eigenvalue weighted by Gasteiger charge is 2.04. The van der Waals surface area contributed by atoms with Crippen molar-refractivity contribution in [3.63, 3.8) is 0 Å². The molecule has 20 heavy (non-hydrogen) atoms. The van der Waals surface area contributed by atoms with Crippen molar-refractivity contribution >= 4 is 22.8 Å². The van der Waals surface area contributed by atoms with E-state index >= 15 is 0 Å².